The van der Waals surface area contributed by atoms with Crippen LogP contribution in [0.15, 0.2) is 36.7 Å². The van der Waals surface area contributed by atoms with Crippen LogP contribution in [-0.2, 0) is 25.5 Å². The lowest BCUT2D eigenvalue weighted by Gasteiger charge is -2.28. The summed E-state index contributed by atoms with van der Waals surface area (Å²) in [6, 6.07) is 8.17. The van der Waals surface area contributed by atoms with Gasteiger partial charge in [0.15, 0.2) is 17.8 Å². The van der Waals surface area contributed by atoms with Crippen molar-refractivity contribution in [3.8, 4) is 0 Å². The van der Waals surface area contributed by atoms with Gasteiger partial charge >= 0.3 is 11.9 Å². The topological polar surface area (TPSA) is 163 Å². The van der Waals surface area contributed by atoms with Crippen molar-refractivity contribution in [1.29, 1.82) is 0 Å². The van der Waals surface area contributed by atoms with Crippen molar-refractivity contribution in [3.63, 3.8) is 0 Å². The normalized spacial score (nSPS) is 13.7. The number of halogens is 2. The molecule has 0 aliphatic carbocycles. The van der Waals surface area contributed by atoms with E-state index >= 15 is 4.39 Å². The smallest absolute Gasteiger partial charge is 0.348 e. The second-order valence-corrected chi connectivity index (χ2v) is 7.48. The van der Waals surface area contributed by atoms with Crippen LogP contribution in [0.2, 0.25) is 5.28 Å². The molecule has 13 heteroatoms. The number of benzene rings is 1. The molecule has 0 aliphatic rings. The minimum absolute atomic E-state index is 0.0174. The van der Waals surface area contributed by atoms with Crippen molar-refractivity contribution in [1.82, 2.24) is 19.5 Å². The number of rotatable bonds is 11. The third kappa shape index (κ3) is 5.18. The molecule has 2 aromatic heterocycles. The van der Waals surface area contributed by atoms with Gasteiger partial charge in [0.25, 0.3) is 5.60 Å². The fraction of sp³-hybridized carbons (Fsp3) is 0.350. The van der Waals surface area contributed by atoms with E-state index in [1.54, 1.807) is 30.3 Å². The SMILES string of the molecule is COC(COC(Cc1ccccc1)(C(=O)O)C(=O)O)CC(F)n1cnc2c(N)nc(Cl)nc21. The van der Waals surface area contributed by atoms with Gasteiger partial charge in [0.1, 0.15) is 5.52 Å². The number of nitrogens with two attached hydrogens (primary N) is 1. The van der Waals surface area contributed by atoms with Gasteiger partial charge in [-0.1, -0.05) is 30.3 Å². The third-order valence-corrected chi connectivity index (χ3v) is 5.19. The first-order valence-corrected chi connectivity index (χ1v) is 10.0. The van der Waals surface area contributed by atoms with Gasteiger partial charge in [0, 0.05) is 20.0 Å². The highest BCUT2D eigenvalue weighted by Crippen LogP contribution is 2.27. The predicted octanol–water partition coefficient (Wildman–Crippen LogP) is 2.10. The Balaban J connectivity index is 1.77. The molecular weight excluding hydrogens is 461 g/mol. The van der Waals surface area contributed by atoms with E-state index in [-0.39, 0.29) is 28.7 Å². The quantitative estimate of drug-likeness (QED) is 0.273. The molecule has 3 aromatic rings. The molecule has 0 amide bonds. The van der Waals surface area contributed by atoms with E-state index < -0.39 is 43.0 Å². The van der Waals surface area contributed by atoms with Gasteiger partial charge in [-0.05, 0) is 17.2 Å². The maximum Gasteiger partial charge on any atom is 0.348 e. The highest BCUT2D eigenvalue weighted by atomic mass is 35.5. The monoisotopic (exact) mass is 481 g/mol. The number of carboxylic acids is 2. The zero-order valence-corrected chi connectivity index (χ0v) is 18.1. The van der Waals surface area contributed by atoms with E-state index in [1.165, 1.54) is 13.4 Å². The summed E-state index contributed by atoms with van der Waals surface area (Å²) in [6.07, 6.45) is -2.34. The molecule has 176 valence electrons. The van der Waals surface area contributed by atoms with Crippen LogP contribution in [0, 0.1) is 0 Å². The van der Waals surface area contributed by atoms with Crippen molar-refractivity contribution >= 4 is 40.5 Å². The Morgan fingerprint density at radius 3 is 2.52 bits per heavy atom. The highest BCUT2D eigenvalue weighted by molar-refractivity contribution is 6.28. The van der Waals surface area contributed by atoms with E-state index in [4.69, 9.17) is 26.8 Å². The zero-order valence-electron chi connectivity index (χ0n) is 17.4. The number of hydrogen-bond donors (Lipinski definition) is 3. The van der Waals surface area contributed by atoms with Crippen LogP contribution in [0.25, 0.3) is 11.2 Å². The third-order valence-electron chi connectivity index (χ3n) is 5.02. The van der Waals surface area contributed by atoms with E-state index in [1.807, 2.05) is 0 Å². The Morgan fingerprint density at radius 2 is 1.91 bits per heavy atom. The van der Waals surface area contributed by atoms with E-state index in [9.17, 15) is 19.8 Å². The minimum Gasteiger partial charge on any atom is -0.479 e. The lowest BCUT2D eigenvalue weighted by molar-refractivity contribution is -0.188. The standard InChI is InChI=1S/C20H21ClFN5O6/c1-32-12(7-13(22)27-10-24-14-15(23)25-19(21)26-16(14)27)9-33-20(17(28)29,18(30)31)8-11-5-3-2-4-6-11/h2-6,10,12-13H,7-9H2,1H3,(H,28,29)(H,30,31)(H2,23,25,26). The molecule has 2 atom stereocenters. The molecule has 4 N–H and O–H groups in total. The van der Waals surface area contributed by atoms with Crippen molar-refractivity contribution in [2.45, 2.75) is 30.8 Å². The average molecular weight is 482 g/mol. The summed E-state index contributed by atoms with van der Waals surface area (Å²) in [5.74, 6) is -3.39. The van der Waals surface area contributed by atoms with Gasteiger partial charge in [-0.25, -0.2) is 19.0 Å². The Hall–Kier alpha value is -3.35. The van der Waals surface area contributed by atoms with Gasteiger partial charge in [-0.15, -0.1) is 0 Å². The molecule has 0 aliphatic heterocycles. The van der Waals surface area contributed by atoms with E-state index in [2.05, 4.69) is 15.0 Å². The molecule has 0 saturated heterocycles. The first kappa shape index (κ1) is 24.3. The number of alkyl halides is 1. The lowest BCUT2D eigenvalue weighted by atomic mass is 9.94. The number of aliphatic carboxylic acids is 2. The molecule has 2 unspecified atom stereocenters. The van der Waals surface area contributed by atoms with Crippen molar-refractivity contribution < 1.29 is 33.7 Å². The Morgan fingerprint density at radius 1 is 1.24 bits per heavy atom. The summed E-state index contributed by atoms with van der Waals surface area (Å²) in [6.45, 7) is -0.507. The van der Waals surface area contributed by atoms with Crippen molar-refractivity contribution in [3.05, 3.63) is 47.5 Å². The van der Waals surface area contributed by atoms with E-state index in [0.29, 0.717) is 5.56 Å². The summed E-state index contributed by atoms with van der Waals surface area (Å²) in [4.78, 5) is 35.5. The van der Waals surface area contributed by atoms with Gasteiger partial charge in [-0.3, -0.25) is 4.57 Å². The number of nitrogens with zero attached hydrogens (tertiary/aromatic N) is 4. The molecule has 11 nitrogen and oxygen atoms in total. The second kappa shape index (κ2) is 10.1. The number of carbonyl (C=O) groups is 2. The minimum atomic E-state index is -2.58. The fourth-order valence-corrected chi connectivity index (χ4v) is 3.39. The fourth-order valence-electron chi connectivity index (χ4n) is 3.21. The molecule has 0 radical (unpaired) electrons. The molecule has 2 heterocycles. The number of aromatic nitrogens is 4. The molecule has 0 fully saturated rings. The van der Waals surface area contributed by atoms with Gasteiger partial charge in [0.05, 0.1) is 19.0 Å². The van der Waals surface area contributed by atoms with Crippen molar-refractivity contribution in [2.75, 3.05) is 19.5 Å². The van der Waals surface area contributed by atoms with Crippen LogP contribution in [0.4, 0.5) is 10.2 Å². The van der Waals surface area contributed by atoms with Crippen molar-refractivity contribution in [2.24, 2.45) is 0 Å². The number of carboxylic acid groups (broad SMARTS) is 2. The summed E-state index contributed by atoms with van der Waals surface area (Å²) < 4.78 is 26.7. The molecule has 3 rings (SSSR count). The lowest BCUT2D eigenvalue weighted by Crippen LogP contribution is -2.52. The van der Waals surface area contributed by atoms with Gasteiger partial charge in [0.2, 0.25) is 5.28 Å². The molecule has 0 saturated carbocycles. The largest absolute Gasteiger partial charge is 0.479 e. The van der Waals surface area contributed by atoms with Crippen LogP contribution in [0.5, 0.6) is 0 Å². The first-order chi connectivity index (χ1) is 15.7. The predicted molar refractivity (Wildman–Crippen MR) is 114 cm³/mol. The first-order valence-electron chi connectivity index (χ1n) is 9.65. The Kier molecular flexibility index (Phi) is 7.41. The van der Waals surface area contributed by atoms with E-state index in [0.717, 1.165) is 4.57 Å². The number of anilines is 1. The van der Waals surface area contributed by atoms with Gasteiger partial charge in [-0.2, -0.15) is 9.97 Å². The number of methoxy groups -OCH3 is 1. The number of nitrogen functional groups attached to an aromatic ring is 1. The van der Waals surface area contributed by atoms with Crippen LogP contribution in [0.3, 0.4) is 0 Å². The number of hydrogen-bond acceptors (Lipinski definition) is 8. The molecule has 0 bridgehead atoms. The maximum absolute atomic E-state index is 15.1. The van der Waals surface area contributed by atoms with Crippen LogP contribution in [0.1, 0.15) is 18.3 Å². The number of fused-ring (bicyclic) bond motifs is 1. The van der Waals surface area contributed by atoms with Crippen LogP contribution < -0.4 is 5.73 Å². The molecule has 0 spiro atoms. The highest BCUT2D eigenvalue weighted by Gasteiger charge is 2.48. The number of ether oxygens (including phenoxy) is 2. The molecular formula is C20H21ClFN5O6. The summed E-state index contributed by atoms with van der Waals surface area (Å²) in [5, 5.41) is 19.2. The Bertz CT molecular complexity index is 1130. The molecule has 33 heavy (non-hydrogen) atoms. The van der Waals surface area contributed by atoms with Crippen LogP contribution >= 0.6 is 11.6 Å². The summed E-state index contributed by atoms with van der Waals surface area (Å²) >= 11 is 5.79. The molecule has 1 aromatic carbocycles. The maximum atomic E-state index is 15.1. The summed E-state index contributed by atoms with van der Waals surface area (Å²) in [7, 11) is 1.27. The van der Waals surface area contributed by atoms with Gasteiger partial charge < -0.3 is 25.4 Å². The zero-order chi connectivity index (χ0) is 24.2. The average Bonchev–Trinajstić information content (AvgIpc) is 3.20. The summed E-state index contributed by atoms with van der Waals surface area (Å²) in [5.41, 5.74) is 3.80. The number of imidazole rings is 1. The second-order valence-electron chi connectivity index (χ2n) is 7.14. The Labute approximate surface area is 191 Å². The van der Waals surface area contributed by atoms with Crippen LogP contribution in [-0.4, -0.2) is 67.1 Å².